The zero-order chi connectivity index (χ0) is 16.7. The third-order valence-electron chi connectivity index (χ3n) is 3.12. The molecule has 0 aromatic heterocycles. The van der Waals surface area contributed by atoms with Crippen molar-refractivity contribution in [1.29, 1.82) is 0 Å². The summed E-state index contributed by atoms with van der Waals surface area (Å²) >= 11 is 0. The first-order valence-electron chi connectivity index (χ1n) is 6.84. The lowest BCUT2D eigenvalue weighted by molar-refractivity contribution is 0.0893. The van der Waals surface area contributed by atoms with E-state index in [1.807, 2.05) is 6.92 Å². The summed E-state index contributed by atoms with van der Waals surface area (Å²) in [6.07, 6.45) is 1.83. The van der Waals surface area contributed by atoms with Gasteiger partial charge in [-0.3, -0.25) is 0 Å². The Balaban J connectivity index is 2.42. The highest BCUT2D eigenvalue weighted by atomic mass is 28.3. The monoisotopic (exact) mass is 339 g/mol. The van der Waals surface area contributed by atoms with Crippen LogP contribution in [0.3, 0.4) is 0 Å². The van der Waals surface area contributed by atoms with Crippen LogP contribution in [-0.2, 0) is 19.7 Å². The standard InChI is InChI=1S/C14H19F4O3Si/c1-9(21-22(19-2)20-3)6-4-5-7-10-8-11(15)13(17)14(18)12(10)16/h8-9H,4-7H2,1-3H3. The van der Waals surface area contributed by atoms with Crippen LogP contribution in [0.25, 0.3) is 0 Å². The summed E-state index contributed by atoms with van der Waals surface area (Å²) in [5.74, 6) is -6.25. The van der Waals surface area contributed by atoms with Crippen molar-refractivity contribution >= 4 is 9.53 Å². The van der Waals surface area contributed by atoms with Crippen LogP contribution in [0.1, 0.15) is 31.7 Å². The van der Waals surface area contributed by atoms with Crippen LogP contribution in [0.15, 0.2) is 6.07 Å². The number of unbranched alkanes of at least 4 members (excludes halogenated alkanes) is 1. The molecule has 22 heavy (non-hydrogen) atoms. The maximum absolute atomic E-state index is 13.5. The van der Waals surface area contributed by atoms with Gasteiger partial charge in [0.1, 0.15) is 0 Å². The lowest BCUT2D eigenvalue weighted by atomic mass is 10.0. The quantitative estimate of drug-likeness (QED) is 0.226. The van der Waals surface area contributed by atoms with Crippen molar-refractivity contribution in [3.8, 4) is 0 Å². The molecule has 1 aromatic rings. The molecule has 3 nitrogen and oxygen atoms in total. The van der Waals surface area contributed by atoms with Gasteiger partial charge in [-0.15, -0.1) is 0 Å². The summed E-state index contributed by atoms with van der Waals surface area (Å²) in [6.45, 7) is 1.85. The molecule has 0 saturated carbocycles. The molecule has 1 aromatic carbocycles. The summed E-state index contributed by atoms with van der Waals surface area (Å²) in [4.78, 5) is 0. The van der Waals surface area contributed by atoms with Gasteiger partial charge in [0.05, 0.1) is 0 Å². The molecule has 0 fully saturated rings. The molecule has 0 saturated heterocycles. The van der Waals surface area contributed by atoms with Gasteiger partial charge in [0.25, 0.3) is 0 Å². The highest BCUT2D eigenvalue weighted by Gasteiger charge is 2.20. The van der Waals surface area contributed by atoms with E-state index in [-0.39, 0.29) is 18.1 Å². The van der Waals surface area contributed by atoms with Gasteiger partial charge in [-0.2, -0.15) is 0 Å². The number of aryl methyl sites for hydroxylation is 1. The molecule has 0 spiro atoms. The average molecular weight is 339 g/mol. The van der Waals surface area contributed by atoms with Crippen molar-refractivity contribution in [3.05, 3.63) is 34.9 Å². The summed E-state index contributed by atoms with van der Waals surface area (Å²) in [6, 6.07) is 0.699. The molecule has 0 aliphatic heterocycles. The second-order valence-corrected chi connectivity index (χ2v) is 6.34. The molecule has 1 rings (SSSR count). The van der Waals surface area contributed by atoms with E-state index in [1.54, 1.807) is 0 Å². The number of benzene rings is 1. The van der Waals surface area contributed by atoms with E-state index in [9.17, 15) is 17.6 Å². The van der Waals surface area contributed by atoms with Crippen LogP contribution in [0, 0.1) is 23.3 Å². The van der Waals surface area contributed by atoms with Gasteiger partial charge in [0.2, 0.25) is 0 Å². The molecule has 0 amide bonds. The second kappa shape index (κ2) is 9.24. The molecule has 0 aliphatic rings. The Hall–Kier alpha value is -0.963. The van der Waals surface area contributed by atoms with Crippen LogP contribution < -0.4 is 0 Å². The van der Waals surface area contributed by atoms with Crippen LogP contribution in [0.5, 0.6) is 0 Å². The van der Waals surface area contributed by atoms with E-state index in [1.165, 1.54) is 14.2 Å². The second-order valence-electron chi connectivity index (χ2n) is 4.79. The number of hydrogen-bond donors (Lipinski definition) is 0. The molecular formula is C14H19F4O3Si. The first-order chi connectivity index (χ1) is 10.4. The highest BCUT2D eigenvalue weighted by molar-refractivity contribution is 6.36. The summed E-state index contributed by atoms with van der Waals surface area (Å²) in [7, 11) is 1.25. The maximum Gasteiger partial charge on any atom is 0.577 e. The highest BCUT2D eigenvalue weighted by Crippen LogP contribution is 2.20. The average Bonchev–Trinajstić information content (AvgIpc) is 2.51. The predicted molar refractivity (Wildman–Crippen MR) is 74.1 cm³/mol. The minimum Gasteiger partial charge on any atom is -0.375 e. The molecule has 1 radical (unpaired) electrons. The molecule has 1 unspecified atom stereocenters. The lowest BCUT2D eigenvalue weighted by Crippen LogP contribution is -2.28. The molecule has 0 heterocycles. The van der Waals surface area contributed by atoms with Gasteiger partial charge >= 0.3 is 9.53 Å². The smallest absolute Gasteiger partial charge is 0.375 e. The fourth-order valence-corrected chi connectivity index (χ4v) is 2.76. The third-order valence-corrected chi connectivity index (χ3v) is 4.38. The van der Waals surface area contributed by atoms with Gasteiger partial charge in [0.15, 0.2) is 23.3 Å². The largest absolute Gasteiger partial charge is 0.577 e. The zero-order valence-electron chi connectivity index (χ0n) is 12.7. The van der Waals surface area contributed by atoms with Gasteiger partial charge in [0, 0.05) is 20.3 Å². The SMILES string of the molecule is CO[Si](OC)OC(C)CCCCc1cc(F)c(F)c(F)c1F. The number of rotatable bonds is 9. The minimum atomic E-state index is -1.78. The van der Waals surface area contributed by atoms with E-state index >= 15 is 0 Å². The molecule has 0 bridgehead atoms. The first-order valence-corrected chi connectivity index (χ1v) is 8.06. The molecule has 1 atom stereocenters. The van der Waals surface area contributed by atoms with Crippen LogP contribution in [0.4, 0.5) is 17.6 Å². The normalized spacial score (nSPS) is 12.9. The van der Waals surface area contributed by atoms with Crippen molar-refractivity contribution in [2.24, 2.45) is 0 Å². The Morgan fingerprint density at radius 3 is 2.23 bits per heavy atom. The summed E-state index contributed by atoms with van der Waals surface area (Å²) in [5, 5.41) is 0. The third kappa shape index (κ3) is 5.35. The predicted octanol–water partition coefficient (Wildman–Crippen LogP) is 3.64. The minimum absolute atomic E-state index is 0.111. The fourth-order valence-electron chi connectivity index (χ4n) is 1.95. The van der Waals surface area contributed by atoms with E-state index in [4.69, 9.17) is 13.3 Å². The Kier molecular flexibility index (Phi) is 8.01. The number of hydrogen-bond acceptors (Lipinski definition) is 3. The zero-order valence-corrected chi connectivity index (χ0v) is 13.7. The Labute approximate surface area is 129 Å². The Bertz CT molecular complexity index is 484. The van der Waals surface area contributed by atoms with Crippen LogP contribution >= 0.6 is 0 Å². The molecule has 8 heteroatoms. The Morgan fingerprint density at radius 1 is 1.00 bits per heavy atom. The van der Waals surface area contributed by atoms with Gasteiger partial charge in [-0.25, -0.2) is 17.6 Å². The maximum atomic E-state index is 13.5. The van der Waals surface area contributed by atoms with Crippen molar-refractivity contribution in [2.75, 3.05) is 14.2 Å². The van der Waals surface area contributed by atoms with Crippen molar-refractivity contribution in [3.63, 3.8) is 0 Å². The lowest BCUT2D eigenvalue weighted by Gasteiger charge is -2.16. The van der Waals surface area contributed by atoms with Crippen molar-refractivity contribution in [2.45, 2.75) is 38.7 Å². The van der Waals surface area contributed by atoms with E-state index in [0.29, 0.717) is 25.3 Å². The van der Waals surface area contributed by atoms with Crippen LogP contribution in [-0.4, -0.2) is 29.9 Å². The summed E-state index contributed by atoms with van der Waals surface area (Å²) in [5.41, 5.74) is -0.163. The van der Waals surface area contributed by atoms with E-state index in [2.05, 4.69) is 0 Å². The molecule has 125 valence electrons. The topological polar surface area (TPSA) is 27.7 Å². The van der Waals surface area contributed by atoms with Gasteiger partial charge < -0.3 is 13.3 Å². The first kappa shape index (κ1) is 19.1. The van der Waals surface area contributed by atoms with Gasteiger partial charge in [-0.1, -0.05) is 6.42 Å². The molecule has 0 N–H and O–H groups in total. The van der Waals surface area contributed by atoms with Gasteiger partial charge in [-0.05, 0) is 37.8 Å². The Morgan fingerprint density at radius 2 is 1.64 bits per heavy atom. The molecule has 0 aliphatic carbocycles. The molecular weight excluding hydrogens is 320 g/mol. The van der Waals surface area contributed by atoms with E-state index < -0.39 is 32.8 Å². The fraction of sp³-hybridized carbons (Fsp3) is 0.571. The van der Waals surface area contributed by atoms with E-state index in [0.717, 1.165) is 0 Å². The van der Waals surface area contributed by atoms with Crippen LogP contribution in [0.2, 0.25) is 0 Å². The number of halogens is 4. The van der Waals surface area contributed by atoms with Crippen molar-refractivity contribution in [1.82, 2.24) is 0 Å². The van der Waals surface area contributed by atoms with Crippen molar-refractivity contribution < 1.29 is 30.8 Å². The summed E-state index contributed by atoms with van der Waals surface area (Å²) < 4.78 is 67.9.